The monoisotopic (exact) mass is 393 g/mol. The smallest absolute Gasteiger partial charge is 0.292 e. The Morgan fingerprint density at radius 1 is 1.03 bits per heavy atom. The van der Waals surface area contributed by atoms with Crippen LogP contribution in [0.15, 0.2) is 28.7 Å². The Labute approximate surface area is 165 Å². The molecular weight excluding hydrogens is 373 g/mol. The molecule has 29 heavy (non-hydrogen) atoms. The summed E-state index contributed by atoms with van der Waals surface area (Å²) in [4.78, 5) is 11.0. The van der Waals surface area contributed by atoms with Gasteiger partial charge >= 0.3 is 0 Å². The van der Waals surface area contributed by atoms with Crippen LogP contribution in [0.2, 0.25) is 0 Å². The van der Waals surface area contributed by atoms with Gasteiger partial charge < -0.3 is 24.4 Å². The molecule has 4 heterocycles. The molecule has 2 aliphatic heterocycles. The summed E-state index contributed by atoms with van der Waals surface area (Å²) >= 11 is 0. The number of ether oxygens (including phenoxy) is 1. The summed E-state index contributed by atoms with van der Waals surface area (Å²) in [6, 6.07) is 7.58. The maximum absolute atomic E-state index is 15.5. The summed E-state index contributed by atoms with van der Waals surface area (Å²) in [6.45, 7) is 3.03. The van der Waals surface area contributed by atoms with Crippen molar-refractivity contribution >= 4 is 33.8 Å². The highest BCUT2D eigenvalue weighted by Crippen LogP contribution is 2.40. The number of nitrogens with zero attached hydrogens (tertiary/aromatic N) is 4. The minimum Gasteiger partial charge on any atom is -0.491 e. The van der Waals surface area contributed by atoms with Crippen LogP contribution in [0.4, 0.5) is 16.1 Å². The molecule has 0 atom stereocenters. The number of oxazole rings is 1. The number of nitrogens with two attached hydrogens (primary N) is 1. The summed E-state index contributed by atoms with van der Waals surface area (Å²) in [6.07, 6.45) is 2.98. The number of aryl methyl sites for hydroxylation is 1. The van der Waals surface area contributed by atoms with E-state index in [0.29, 0.717) is 47.0 Å². The van der Waals surface area contributed by atoms with Crippen molar-refractivity contribution in [1.29, 1.82) is 0 Å². The van der Waals surface area contributed by atoms with Gasteiger partial charge in [-0.3, -0.25) is 0 Å². The largest absolute Gasteiger partial charge is 0.491 e. The third kappa shape index (κ3) is 2.48. The van der Waals surface area contributed by atoms with Crippen molar-refractivity contribution in [3.05, 3.63) is 30.1 Å². The fraction of sp³-hybridized carbons (Fsp3) is 0.333. The molecule has 0 bridgehead atoms. The Bertz CT molecular complexity index is 1260. The zero-order chi connectivity index (χ0) is 19.5. The molecule has 6 rings (SSSR count). The van der Waals surface area contributed by atoms with Crippen molar-refractivity contribution < 1.29 is 13.5 Å². The Balaban J connectivity index is 1.60. The molecule has 0 radical (unpaired) electrons. The lowest BCUT2D eigenvalue weighted by molar-refractivity contribution is 0.315. The van der Waals surface area contributed by atoms with E-state index in [9.17, 15) is 0 Å². The number of rotatable bonds is 2. The molecule has 2 aromatic heterocycles. The average Bonchev–Trinajstić information content (AvgIpc) is 3.41. The van der Waals surface area contributed by atoms with Gasteiger partial charge in [0.15, 0.2) is 11.4 Å². The van der Waals surface area contributed by atoms with Gasteiger partial charge in [0, 0.05) is 31.3 Å². The van der Waals surface area contributed by atoms with Gasteiger partial charge in [0.25, 0.3) is 6.01 Å². The quantitative estimate of drug-likeness (QED) is 0.555. The number of aromatic nitrogens is 3. The number of nitrogen functional groups attached to an aromatic ring is 1. The first-order chi connectivity index (χ1) is 14.2. The predicted molar refractivity (Wildman–Crippen MR) is 109 cm³/mol. The third-order valence-electron chi connectivity index (χ3n) is 5.79. The maximum atomic E-state index is 15.5. The second-order valence-electron chi connectivity index (χ2n) is 7.62. The van der Waals surface area contributed by atoms with Crippen LogP contribution in [-0.2, 0) is 6.54 Å². The number of hydrogen-bond donors (Lipinski definition) is 1. The van der Waals surface area contributed by atoms with Gasteiger partial charge in [0.2, 0.25) is 0 Å². The minimum absolute atomic E-state index is 0.126. The number of hydrogen-bond acceptors (Lipinski definition) is 6. The van der Waals surface area contributed by atoms with E-state index in [0.717, 1.165) is 43.4 Å². The molecule has 0 aliphatic carbocycles. The van der Waals surface area contributed by atoms with Crippen LogP contribution in [0, 0.1) is 5.82 Å². The molecule has 2 N–H and O–H groups in total. The molecule has 0 amide bonds. The summed E-state index contributed by atoms with van der Waals surface area (Å²) in [5.74, 6) is 1.13. The summed E-state index contributed by atoms with van der Waals surface area (Å²) in [7, 11) is 0. The Morgan fingerprint density at radius 2 is 1.90 bits per heavy atom. The number of benzene rings is 2. The molecule has 1 saturated heterocycles. The predicted octanol–water partition coefficient (Wildman–Crippen LogP) is 3.95. The topological polar surface area (TPSA) is 82.3 Å². The second-order valence-corrected chi connectivity index (χ2v) is 7.62. The highest BCUT2D eigenvalue weighted by Gasteiger charge is 2.27. The minimum atomic E-state index is -0.275. The normalized spacial score (nSPS) is 16.5. The van der Waals surface area contributed by atoms with Crippen LogP contribution < -0.4 is 15.4 Å². The van der Waals surface area contributed by atoms with Gasteiger partial charge in [0.05, 0.1) is 12.3 Å². The standard InChI is InChI=1S/C21H20FN5O2/c22-17-14(26-6-1-2-7-26)11-16-19-18(17)25-20(27(19)8-3-9-28-16)12-4-5-15-13(10-12)24-21(23)29-15/h4-5,10-11H,1-3,6-9H2,(H2,23,24). The lowest BCUT2D eigenvalue weighted by atomic mass is 10.2. The van der Waals surface area contributed by atoms with Gasteiger partial charge in [0.1, 0.15) is 28.1 Å². The summed E-state index contributed by atoms with van der Waals surface area (Å²) in [5.41, 5.74) is 9.46. The number of imidazole rings is 1. The molecule has 0 unspecified atom stereocenters. The third-order valence-corrected chi connectivity index (χ3v) is 5.79. The van der Waals surface area contributed by atoms with E-state index in [1.54, 1.807) is 0 Å². The van der Waals surface area contributed by atoms with Crippen LogP contribution in [0.1, 0.15) is 19.3 Å². The number of halogens is 1. The lowest BCUT2D eigenvalue weighted by Crippen LogP contribution is -2.19. The van der Waals surface area contributed by atoms with E-state index in [1.807, 2.05) is 24.3 Å². The van der Waals surface area contributed by atoms with Crippen LogP contribution in [0.25, 0.3) is 33.5 Å². The van der Waals surface area contributed by atoms with Crippen molar-refractivity contribution in [2.75, 3.05) is 30.3 Å². The van der Waals surface area contributed by atoms with Gasteiger partial charge in [-0.15, -0.1) is 0 Å². The SMILES string of the molecule is Nc1nc2cc(-c3nc4c(F)c(N5CCCC5)cc5c4n3CCCO5)ccc2o1. The van der Waals surface area contributed by atoms with Crippen molar-refractivity contribution in [3.8, 4) is 17.1 Å². The summed E-state index contributed by atoms with van der Waals surface area (Å²) in [5, 5.41) is 0. The fourth-order valence-corrected chi connectivity index (χ4v) is 4.46. The zero-order valence-electron chi connectivity index (χ0n) is 15.8. The van der Waals surface area contributed by atoms with Crippen LogP contribution in [-0.4, -0.2) is 34.2 Å². The van der Waals surface area contributed by atoms with Gasteiger partial charge in [-0.1, -0.05) is 0 Å². The Morgan fingerprint density at radius 3 is 2.76 bits per heavy atom. The van der Waals surface area contributed by atoms with E-state index in [1.165, 1.54) is 0 Å². The van der Waals surface area contributed by atoms with Crippen molar-refractivity contribution in [1.82, 2.24) is 14.5 Å². The summed E-state index contributed by atoms with van der Waals surface area (Å²) < 4.78 is 29.0. The average molecular weight is 393 g/mol. The van der Waals surface area contributed by atoms with E-state index < -0.39 is 0 Å². The molecule has 7 nitrogen and oxygen atoms in total. The van der Waals surface area contributed by atoms with E-state index >= 15 is 4.39 Å². The highest BCUT2D eigenvalue weighted by molar-refractivity contribution is 5.91. The van der Waals surface area contributed by atoms with E-state index in [2.05, 4.69) is 14.5 Å². The first kappa shape index (κ1) is 16.6. The molecule has 8 heteroatoms. The first-order valence-corrected chi connectivity index (χ1v) is 9.96. The lowest BCUT2D eigenvalue weighted by Gasteiger charge is -2.19. The van der Waals surface area contributed by atoms with E-state index in [4.69, 9.17) is 19.9 Å². The van der Waals surface area contributed by atoms with Crippen LogP contribution in [0.5, 0.6) is 5.75 Å². The molecule has 4 aromatic rings. The van der Waals surface area contributed by atoms with Crippen LogP contribution in [0.3, 0.4) is 0 Å². The van der Waals surface area contributed by atoms with E-state index in [-0.39, 0.29) is 11.8 Å². The molecule has 0 spiro atoms. The van der Waals surface area contributed by atoms with Crippen molar-refractivity contribution in [2.24, 2.45) is 0 Å². The van der Waals surface area contributed by atoms with Gasteiger partial charge in [-0.2, -0.15) is 4.98 Å². The molecule has 1 fully saturated rings. The molecule has 2 aromatic carbocycles. The maximum Gasteiger partial charge on any atom is 0.292 e. The number of fused-ring (bicyclic) bond motifs is 1. The Kier molecular flexibility index (Phi) is 3.50. The second kappa shape index (κ2) is 6.10. The highest BCUT2D eigenvalue weighted by atomic mass is 19.1. The zero-order valence-corrected chi connectivity index (χ0v) is 15.8. The molecule has 148 valence electrons. The van der Waals surface area contributed by atoms with Crippen LogP contribution >= 0.6 is 0 Å². The molecule has 0 saturated carbocycles. The molecular formula is C21H20FN5O2. The van der Waals surface area contributed by atoms with Crippen molar-refractivity contribution in [2.45, 2.75) is 25.8 Å². The fourth-order valence-electron chi connectivity index (χ4n) is 4.46. The number of anilines is 2. The first-order valence-electron chi connectivity index (χ1n) is 9.96. The molecule has 2 aliphatic rings. The Hall–Kier alpha value is -3.29. The van der Waals surface area contributed by atoms with Gasteiger partial charge in [-0.05, 0) is 37.5 Å². The van der Waals surface area contributed by atoms with Crippen molar-refractivity contribution in [3.63, 3.8) is 0 Å². The van der Waals surface area contributed by atoms with Gasteiger partial charge in [-0.25, -0.2) is 9.37 Å².